The van der Waals surface area contributed by atoms with Gasteiger partial charge in [-0.15, -0.1) is 0 Å². The maximum atomic E-state index is 5.27. The molecular weight excluding hydrogens is 522 g/mol. The van der Waals surface area contributed by atoms with E-state index in [0.717, 1.165) is 62.6 Å². The molecule has 0 N–H and O–H groups in total. The fourth-order valence-corrected chi connectivity index (χ4v) is 7.94. The van der Waals surface area contributed by atoms with Gasteiger partial charge in [0.25, 0.3) is 0 Å². The molecule has 0 saturated heterocycles. The Labute approximate surface area is 260 Å². The van der Waals surface area contributed by atoms with Crippen molar-refractivity contribution in [2.45, 2.75) is 59.8 Å². The van der Waals surface area contributed by atoms with Crippen molar-refractivity contribution in [1.29, 1.82) is 0 Å². The maximum absolute atomic E-state index is 5.27. The molecule has 2 fully saturated rings. The van der Waals surface area contributed by atoms with E-state index in [1.165, 1.54) is 70.5 Å². The summed E-state index contributed by atoms with van der Waals surface area (Å²) in [6, 6.07) is 27.4. The van der Waals surface area contributed by atoms with Crippen LogP contribution in [0.1, 0.15) is 82.1 Å². The molecule has 2 bridgehead atoms. The van der Waals surface area contributed by atoms with Crippen molar-refractivity contribution < 1.29 is 0 Å². The van der Waals surface area contributed by atoms with Crippen molar-refractivity contribution in [2.75, 3.05) is 42.5 Å². The smallest absolute Gasteiger partial charge is 0.0653 e. The SMILES string of the molecule is CCCN(CC)c1ccc(C(=C2C=CC(=NCC3CC4CCC3C4)c3ccccc32)c2ccc(N(CC)CC)cc2)cc1. The Hall–Kier alpha value is -3.59. The number of fused-ring (bicyclic) bond motifs is 3. The highest BCUT2D eigenvalue weighted by molar-refractivity contribution is 6.19. The number of hydrogen-bond donors (Lipinski definition) is 0. The first-order valence-corrected chi connectivity index (χ1v) is 16.9. The molecule has 0 spiro atoms. The van der Waals surface area contributed by atoms with Crippen molar-refractivity contribution >= 4 is 28.2 Å². The van der Waals surface area contributed by atoms with Crippen molar-refractivity contribution in [3.8, 4) is 0 Å². The Kier molecular flexibility index (Phi) is 9.17. The van der Waals surface area contributed by atoms with Crippen molar-refractivity contribution in [3.05, 3.63) is 107 Å². The molecule has 3 aromatic rings. The van der Waals surface area contributed by atoms with Crippen LogP contribution in [-0.4, -0.2) is 38.4 Å². The molecule has 3 unspecified atom stereocenters. The molecule has 3 aliphatic carbocycles. The maximum Gasteiger partial charge on any atom is 0.0653 e. The molecule has 3 heteroatoms. The number of nitrogens with zero attached hydrogens (tertiary/aromatic N) is 3. The van der Waals surface area contributed by atoms with Gasteiger partial charge in [-0.05, 0) is 122 Å². The lowest BCUT2D eigenvalue weighted by molar-refractivity contribution is 0.342. The molecule has 3 nitrogen and oxygen atoms in total. The summed E-state index contributed by atoms with van der Waals surface area (Å²) in [5.74, 6) is 2.65. The minimum atomic E-state index is 0.776. The van der Waals surface area contributed by atoms with E-state index >= 15 is 0 Å². The first-order valence-electron chi connectivity index (χ1n) is 16.9. The normalized spacial score (nSPS) is 22.6. The Morgan fingerprint density at radius 2 is 1.33 bits per heavy atom. The molecule has 0 aromatic heterocycles. The number of benzene rings is 3. The molecule has 0 radical (unpaired) electrons. The van der Waals surface area contributed by atoms with Crippen LogP contribution in [0.2, 0.25) is 0 Å². The second kappa shape index (κ2) is 13.4. The van der Waals surface area contributed by atoms with Gasteiger partial charge >= 0.3 is 0 Å². The zero-order valence-corrected chi connectivity index (χ0v) is 26.7. The van der Waals surface area contributed by atoms with E-state index in [2.05, 4.69) is 122 Å². The minimum absolute atomic E-state index is 0.776. The summed E-state index contributed by atoms with van der Waals surface area (Å²) in [6.45, 7) is 14.1. The van der Waals surface area contributed by atoms with Crippen LogP contribution < -0.4 is 9.80 Å². The highest BCUT2D eigenvalue weighted by atomic mass is 15.1. The van der Waals surface area contributed by atoms with Crippen LogP contribution in [0.4, 0.5) is 11.4 Å². The highest BCUT2D eigenvalue weighted by Gasteiger charge is 2.39. The molecule has 43 heavy (non-hydrogen) atoms. The highest BCUT2D eigenvalue weighted by Crippen LogP contribution is 2.48. The van der Waals surface area contributed by atoms with Gasteiger partial charge in [-0.3, -0.25) is 4.99 Å². The lowest BCUT2D eigenvalue weighted by atomic mass is 9.83. The van der Waals surface area contributed by atoms with Gasteiger partial charge in [-0.25, -0.2) is 0 Å². The van der Waals surface area contributed by atoms with E-state index in [9.17, 15) is 0 Å². The quantitative estimate of drug-likeness (QED) is 0.228. The van der Waals surface area contributed by atoms with Gasteiger partial charge in [0.1, 0.15) is 0 Å². The second-order valence-corrected chi connectivity index (χ2v) is 12.7. The fraction of sp³-hybridized carbons (Fsp3) is 0.425. The van der Waals surface area contributed by atoms with E-state index < -0.39 is 0 Å². The average molecular weight is 572 g/mol. The predicted molar refractivity (Wildman–Crippen MR) is 186 cm³/mol. The average Bonchev–Trinajstić information content (AvgIpc) is 3.69. The van der Waals surface area contributed by atoms with Gasteiger partial charge in [0, 0.05) is 49.7 Å². The summed E-state index contributed by atoms with van der Waals surface area (Å²) in [5, 5.41) is 0. The standard InChI is InChI=1S/C40H49N3/c1-5-25-43(8-4)35-21-17-31(18-22-35)40(30-15-19-34(20-16-30)42(6-2)7-3)38-23-24-39(37-12-10-9-11-36(37)38)41-28-33-27-29-13-14-32(33)26-29/h9-12,15-24,29,32-33H,5-8,13-14,25-28H2,1-4H3. The van der Waals surface area contributed by atoms with Gasteiger partial charge in [-0.2, -0.15) is 0 Å². The van der Waals surface area contributed by atoms with Gasteiger partial charge in [0.2, 0.25) is 0 Å². The van der Waals surface area contributed by atoms with Crippen LogP contribution in [0.3, 0.4) is 0 Å². The first-order chi connectivity index (χ1) is 21.1. The first kappa shape index (κ1) is 29.5. The van der Waals surface area contributed by atoms with Gasteiger partial charge in [-0.1, -0.05) is 68.0 Å². The zero-order valence-electron chi connectivity index (χ0n) is 26.7. The monoisotopic (exact) mass is 571 g/mol. The van der Waals surface area contributed by atoms with Crippen LogP contribution in [0, 0.1) is 17.8 Å². The molecule has 0 aliphatic heterocycles. The summed E-state index contributed by atoms with van der Waals surface area (Å²) in [5.41, 5.74) is 11.3. The van der Waals surface area contributed by atoms with Gasteiger partial charge in [0.15, 0.2) is 0 Å². The number of aliphatic imine (C=N–C) groups is 1. The Morgan fingerprint density at radius 3 is 1.88 bits per heavy atom. The lowest BCUT2D eigenvalue weighted by Crippen LogP contribution is -2.23. The molecule has 224 valence electrons. The molecule has 3 atom stereocenters. The van der Waals surface area contributed by atoms with Crippen LogP contribution in [0.5, 0.6) is 0 Å². The van der Waals surface area contributed by atoms with E-state index in [1.54, 1.807) is 0 Å². The van der Waals surface area contributed by atoms with E-state index in [-0.39, 0.29) is 0 Å². The summed E-state index contributed by atoms with van der Waals surface area (Å²) >= 11 is 0. The number of anilines is 2. The third kappa shape index (κ3) is 6.09. The van der Waals surface area contributed by atoms with Crippen LogP contribution in [-0.2, 0) is 0 Å². The van der Waals surface area contributed by atoms with E-state index in [0.29, 0.717) is 0 Å². The fourth-order valence-electron chi connectivity index (χ4n) is 7.94. The largest absolute Gasteiger partial charge is 0.372 e. The Morgan fingerprint density at radius 1 is 0.698 bits per heavy atom. The molecule has 6 rings (SSSR count). The predicted octanol–water partition coefficient (Wildman–Crippen LogP) is 9.52. The Bertz CT molecular complexity index is 1470. The summed E-state index contributed by atoms with van der Waals surface area (Å²) in [6.07, 6.45) is 11.5. The molecule has 3 aromatic carbocycles. The van der Waals surface area contributed by atoms with Crippen molar-refractivity contribution in [1.82, 2.24) is 0 Å². The van der Waals surface area contributed by atoms with Gasteiger partial charge in [0.05, 0.1) is 5.71 Å². The molecule has 0 heterocycles. The summed E-state index contributed by atoms with van der Waals surface area (Å²) in [7, 11) is 0. The number of rotatable bonds is 11. The zero-order chi connectivity index (χ0) is 29.8. The summed E-state index contributed by atoms with van der Waals surface area (Å²) < 4.78 is 0. The van der Waals surface area contributed by atoms with Gasteiger partial charge < -0.3 is 9.80 Å². The summed E-state index contributed by atoms with van der Waals surface area (Å²) in [4.78, 5) is 10.1. The minimum Gasteiger partial charge on any atom is -0.372 e. The van der Waals surface area contributed by atoms with Crippen molar-refractivity contribution in [2.24, 2.45) is 22.7 Å². The Balaban J connectivity index is 1.42. The number of allylic oxidation sites excluding steroid dienone is 3. The molecule has 0 amide bonds. The van der Waals surface area contributed by atoms with Crippen molar-refractivity contribution in [3.63, 3.8) is 0 Å². The lowest BCUT2D eigenvalue weighted by Gasteiger charge is -2.25. The third-order valence-electron chi connectivity index (χ3n) is 10.2. The molecular formula is C40H49N3. The molecule has 3 aliphatic rings. The van der Waals surface area contributed by atoms with Crippen LogP contribution >= 0.6 is 0 Å². The third-order valence-corrected chi connectivity index (χ3v) is 10.2. The number of hydrogen-bond acceptors (Lipinski definition) is 3. The second-order valence-electron chi connectivity index (χ2n) is 12.7. The topological polar surface area (TPSA) is 18.8 Å². The van der Waals surface area contributed by atoms with Crippen LogP contribution in [0.15, 0.2) is 89.9 Å². The van der Waals surface area contributed by atoms with E-state index in [4.69, 9.17) is 4.99 Å². The van der Waals surface area contributed by atoms with E-state index in [1.807, 2.05) is 0 Å². The van der Waals surface area contributed by atoms with Crippen LogP contribution in [0.25, 0.3) is 11.1 Å². The molecule has 2 saturated carbocycles.